The molecule has 0 fully saturated rings. The summed E-state index contributed by atoms with van der Waals surface area (Å²) in [5, 5.41) is 36.1. The molecule has 23 heteroatoms. The van der Waals surface area contributed by atoms with E-state index < -0.39 is 17.3 Å². The number of hydrogen-bond donors (Lipinski definition) is 3. The summed E-state index contributed by atoms with van der Waals surface area (Å²) >= 11 is 24.8. The summed E-state index contributed by atoms with van der Waals surface area (Å²) in [6, 6.07) is 41.9. The number of hydrogen-bond acceptors (Lipinski definition) is 10. The quantitative estimate of drug-likeness (QED) is 0.0598. The van der Waals surface area contributed by atoms with E-state index in [1.165, 1.54) is 42.2 Å². The lowest BCUT2D eigenvalue weighted by Crippen LogP contribution is -2.15. The minimum absolute atomic E-state index is 0.0575. The van der Waals surface area contributed by atoms with Gasteiger partial charge in [-0.2, -0.15) is 23.7 Å². The second-order valence-corrected chi connectivity index (χ2v) is 27.8. The Morgan fingerprint density at radius 1 is 0.564 bits per heavy atom. The Morgan fingerprint density at radius 3 is 1.28 bits per heavy atom. The van der Waals surface area contributed by atoms with Gasteiger partial charge in [0.05, 0.1) is 29.7 Å². The fraction of sp³-hybridized carbons (Fsp3) is 0.127. The van der Waals surface area contributed by atoms with Gasteiger partial charge in [0.25, 0.3) is 9.24 Å². The first kappa shape index (κ1) is 66.2. The van der Waals surface area contributed by atoms with Crippen molar-refractivity contribution in [2.24, 2.45) is 5.14 Å². The zero-order chi connectivity index (χ0) is 57.5. The molecule has 3 aromatic heterocycles. The van der Waals surface area contributed by atoms with Crippen molar-refractivity contribution in [1.82, 2.24) is 44.3 Å². The Balaban J connectivity index is 0.000000253. The third kappa shape index (κ3) is 30.2. The van der Waals surface area contributed by atoms with Crippen molar-refractivity contribution in [2.75, 3.05) is 0 Å². The monoisotopic (exact) mass is 1400 g/mol. The third-order valence-electron chi connectivity index (χ3n) is 9.03. The molecule has 0 saturated heterocycles. The van der Waals surface area contributed by atoms with E-state index >= 15 is 0 Å². The van der Waals surface area contributed by atoms with Crippen LogP contribution >= 0.6 is 97.6 Å². The largest absolute Gasteiger partial charge is 0.506 e. The topological polar surface area (TPSA) is 193 Å². The molecule has 0 aliphatic carbocycles. The Bertz CT molecular complexity index is 3490. The molecular formula is C55H51Br4Cl3N10O4SSi. The first-order valence-corrected chi connectivity index (χ1v) is 32.7. The number of phenols is 2. The molecular weight excluding hydrogens is 1350 g/mol. The second-order valence-electron chi connectivity index (χ2n) is 16.6. The van der Waals surface area contributed by atoms with Gasteiger partial charge in [-0.15, -0.1) is 18.4 Å². The highest BCUT2D eigenvalue weighted by atomic mass is 79.9. The van der Waals surface area contributed by atoms with Gasteiger partial charge >= 0.3 is 0 Å². The summed E-state index contributed by atoms with van der Waals surface area (Å²) in [5.74, 6) is 8.90. The van der Waals surface area contributed by atoms with Crippen molar-refractivity contribution in [1.29, 1.82) is 0 Å². The number of rotatable bonds is 7. The zero-order valence-corrected chi connectivity index (χ0v) is 52.4. The fourth-order valence-electron chi connectivity index (χ4n) is 5.48. The predicted octanol–water partition coefficient (Wildman–Crippen LogP) is 13.6. The number of terminal acetylenes is 2. The van der Waals surface area contributed by atoms with E-state index in [-0.39, 0.29) is 11.5 Å². The van der Waals surface area contributed by atoms with E-state index in [4.69, 9.17) is 41.2 Å². The Morgan fingerprint density at radius 2 is 0.923 bits per heavy atom. The number of aromatic nitrogens is 9. The van der Waals surface area contributed by atoms with E-state index in [0.29, 0.717) is 23.1 Å². The Hall–Kier alpha value is -6.06. The van der Waals surface area contributed by atoms with Gasteiger partial charge < -0.3 is 10.2 Å². The molecule has 404 valence electrons. The lowest BCUT2D eigenvalue weighted by molar-refractivity contribution is 0.475. The number of nitrogens with two attached hydrogens (primary N) is 1. The summed E-state index contributed by atoms with van der Waals surface area (Å²) in [6.07, 6.45) is 20.1. The van der Waals surface area contributed by atoms with Crippen LogP contribution in [0.1, 0.15) is 38.9 Å². The Kier molecular flexibility index (Phi) is 30.1. The van der Waals surface area contributed by atoms with E-state index in [1.54, 1.807) is 57.3 Å². The van der Waals surface area contributed by atoms with E-state index in [9.17, 15) is 13.5 Å². The number of halogens is 7. The van der Waals surface area contributed by atoms with Gasteiger partial charge in [-0.3, -0.25) is 0 Å². The molecule has 0 saturated carbocycles. The number of phenolic OH excluding ortho intramolecular Hbond substituents is 2. The van der Waals surface area contributed by atoms with Crippen LogP contribution < -0.4 is 5.14 Å². The summed E-state index contributed by atoms with van der Waals surface area (Å²) in [5.41, 5.74) is 10.0. The molecule has 0 bridgehead atoms. The highest BCUT2D eigenvalue weighted by Crippen LogP contribution is 2.26. The van der Waals surface area contributed by atoms with Gasteiger partial charge in [0, 0.05) is 46.1 Å². The van der Waals surface area contributed by atoms with Gasteiger partial charge in [0.1, 0.15) is 57.5 Å². The molecule has 9 rings (SSSR count). The summed E-state index contributed by atoms with van der Waals surface area (Å²) < 4.78 is 26.8. The molecule has 0 spiro atoms. The van der Waals surface area contributed by atoms with Crippen LogP contribution in [-0.2, 0) is 34.2 Å². The van der Waals surface area contributed by atoms with Crippen molar-refractivity contribution < 1.29 is 18.6 Å². The van der Waals surface area contributed by atoms with Crippen molar-refractivity contribution >= 4 is 115 Å². The van der Waals surface area contributed by atoms with E-state index in [0.717, 1.165) is 53.1 Å². The average Bonchev–Trinajstić information content (AvgIpc) is 4.23. The number of alkyl halides is 1. The van der Waals surface area contributed by atoms with Gasteiger partial charge in [0.2, 0.25) is 0 Å². The zero-order valence-electron chi connectivity index (χ0n) is 42.0. The molecule has 0 atom stereocenters. The molecule has 0 aliphatic heterocycles. The van der Waals surface area contributed by atoms with Gasteiger partial charge in [-0.25, -0.2) is 34.1 Å². The number of nitrogens with zero attached hydrogens (tertiary/aromatic N) is 9. The van der Waals surface area contributed by atoms with Crippen LogP contribution in [0.5, 0.6) is 11.5 Å². The van der Waals surface area contributed by atoms with Crippen LogP contribution in [0.3, 0.4) is 0 Å². The minimum atomic E-state index is -3.69. The van der Waals surface area contributed by atoms with Crippen LogP contribution in [0.15, 0.2) is 185 Å². The predicted molar refractivity (Wildman–Crippen MR) is 330 cm³/mol. The first-order chi connectivity index (χ1) is 37.0. The molecule has 6 aromatic carbocycles. The highest BCUT2D eigenvalue weighted by molar-refractivity contribution is 9.11. The fourth-order valence-corrected chi connectivity index (χ4v) is 7.57. The van der Waals surface area contributed by atoms with Crippen LogP contribution in [-0.4, -0.2) is 71.0 Å². The summed E-state index contributed by atoms with van der Waals surface area (Å²) in [4.78, 5) is 11.7. The summed E-state index contributed by atoms with van der Waals surface area (Å²) in [6.45, 7) is 8.56. The maximum absolute atomic E-state index is 9.39. The van der Waals surface area contributed by atoms with Crippen molar-refractivity contribution in [3.05, 3.63) is 234 Å². The number of benzene rings is 6. The lowest BCUT2D eigenvalue weighted by Gasteiger charge is -2.01. The molecule has 9 aromatic rings. The maximum Gasteiger partial charge on any atom is 0.294 e. The second kappa shape index (κ2) is 35.4. The van der Waals surface area contributed by atoms with Crippen LogP contribution in [0, 0.1) is 36.2 Å². The van der Waals surface area contributed by atoms with Crippen molar-refractivity contribution in [2.45, 2.75) is 44.6 Å². The highest BCUT2D eigenvalue weighted by Gasteiger charge is 2.05. The van der Waals surface area contributed by atoms with Crippen molar-refractivity contribution in [3.8, 4) is 47.7 Å². The Labute approximate surface area is 504 Å². The molecule has 0 radical (unpaired) electrons. The maximum atomic E-state index is 9.39. The summed E-state index contributed by atoms with van der Waals surface area (Å²) in [7, 11) is -0.518. The smallest absolute Gasteiger partial charge is 0.294 e. The molecule has 0 aliphatic rings. The average molecular weight is 1400 g/mol. The molecule has 14 nitrogen and oxygen atoms in total. The molecule has 0 amide bonds. The first-order valence-electron chi connectivity index (χ1n) is 22.5. The van der Waals surface area contributed by atoms with Crippen LogP contribution in [0.4, 0.5) is 0 Å². The van der Waals surface area contributed by atoms with Crippen LogP contribution in [0.2, 0.25) is 29.7 Å². The van der Waals surface area contributed by atoms with Gasteiger partial charge in [-0.05, 0) is 107 Å². The normalized spacial score (nSPS) is 10.0. The van der Waals surface area contributed by atoms with Gasteiger partial charge in [-0.1, -0.05) is 173 Å². The van der Waals surface area contributed by atoms with Crippen LogP contribution in [0.25, 0.3) is 0 Å². The van der Waals surface area contributed by atoms with Gasteiger partial charge in [0.15, 0.2) is 0 Å². The molecule has 3 heterocycles. The van der Waals surface area contributed by atoms with E-state index in [2.05, 4.69) is 177 Å². The van der Waals surface area contributed by atoms with E-state index in [1.807, 2.05) is 72.8 Å². The molecule has 4 N–H and O–H groups in total. The standard InChI is InChI=1S/C17H12ClN3O.C11H9N3.C9H8BrN3.C7H6Br2.C6H4BrClO.C5H10Si.ClH2NO2S/c18-16-9-14(6-7-17(16)22)5-4-13-2-1-3-15(8-13)10-21-12-19-11-20-21;1-2-10-4-3-5-11(6-10)7-14-9-12-8-13-14;10-9-3-1-2-8(4-9)5-13-7-11-6-12-13;8-5-6-2-1-3-7(9)4-6;7-4-1-2-6(9)5(8)3-4;1-5-6(2,3)4;1-5(2,3)4/h1-3,6-9,11-12,22H,10H2;1,3-6,8-9H,7H2;1-4,6-7H,5H2;1-4H,5H2;1-3,9H;1H,2-4H3;(H2,2,3,4). The molecule has 78 heavy (non-hydrogen) atoms. The third-order valence-corrected chi connectivity index (χ3v) is 12.6. The molecule has 0 unspecified atom stereocenters. The SMILES string of the molecule is BrCc1cccc(Br)c1.Brc1cccc(Cn2cncn2)c1.C#C[Si](C)(C)C.C#Cc1cccc(Cn2cncn2)c1.NS(=O)(=O)Cl.Oc1ccc(Br)cc1Cl.Oc1ccc(C#Cc2cccc(Cn3cncn3)c2)cc1Cl. The van der Waals surface area contributed by atoms with Crippen molar-refractivity contribution in [3.63, 3.8) is 0 Å². The number of aromatic hydroxyl groups is 2. The lowest BCUT2D eigenvalue weighted by atomic mass is 10.1. The minimum Gasteiger partial charge on any atom is -0.506 e.